The summed E-state index contributed by atoms with van der Waals surface area (Å²) in [6.45, 7) is 3.31. The highest BCUT2D eigenvalue weighted by Gasteiger charge is 2.19. The summed E-state index contributed by atoms with van der Waals surface area (Å²) in [7, 11) is 4.02. The predicted molar refractivity (Wildman–Crippen MR) is 118 cm³/mol. The first-order valence-electron chi connectivity index (χ1n) is 9.97. The maximum Gasteiger partial charge on any atom is 0.311 e. The van der Waals surface area contributed by atoms with Gasteiger partial charge < -0.3 is 19.5 Å². The van der Waals surface area contributed by atoms with Gasteiger partial charge in [0.15, 0.2) is 0 Å². The van der Waals surface area contributed by atoms with E-state index in [9.17, 15) is 10.1 Å². The number of anilines is 2. The molecule has 29 heavy (non-hydrogen) atoms. The molecule has 1 fully saturated rings. The van der Waals surface area contributed by atoms with Crippen LogP contribution in [0.4, 0.5) is 17.3 Å². The fraction of sp³-hybridized carbons (Fsp3) is 0.550. The lowest BCUT2D eigenvalue weighted by molar-refractivity contribution is -0.384. The molecule has 0 unspecified atom stereocenters. The molecule has 8 nitrogen and oxygen atoms in total. The van der Waals surface area contributed by atoms with Crippen LogP contribution < -0.4 is 10.2 Å². The summed E-state index contributed by atoms with van der Waals surface area (Å²) < 4.78 is 5.80. The summed E-state index contributed by atoms with van der Waals surface area (Å²) in [5, 5.41) is 14.5. The molecule has 0 amide bonds. The third-order valence-electron chi connectivity index (χ3n) is 4.71. The van der Waals surface area contributed by atoms with Gasteiger partial charge in [0.25, 0.3) is 0 Å². The molecule has 0 spiro atoms. The van der Waals surface area contributed by atoms with Crippen molar-refractivity contribution in [1.29, 1.82) is 0 Å². The lowest BCUT2D eigenvalue weighted by atomic mass is 10.1. The maximum atomic E-state index is 11.4. The van der Waals surface area contributed by atoms with Gasteiger partial charge in [0.2, 0.25) is 5.82 Å². The second kappa shape index (κ2) is 10.5. The van der Waals surface area contributed by atoms with Gasteiger partial charge in [-0.05, 0) is 51.6 Å². The molecule has 2 aromatic rings. The SMILES string of the molecule is CN(C)Cc1ccc(CSCCNc2nc(N3CCCCC3)ccc2[N+](=O)[O-])o1. The van der Waals surface area contributed by atoms with E-state index >= 15 is 0 Å². The standard InChI is InChI=1S/C20H29N5O3S/c1-23(2)14-16-6-7-17(28-16)15-29-13-10-21-20-18(25(26)27)8-9-19(22-20)24-11-4-3-5-12-24/h6-9H,3-5,10-15H2,1-2H3,(H,21,22). The van der Waals surface area contributed by atoms with Crippen molar-refractivity contribution in [3.8, 4) is 0 Å². The Hall–Kier alpha value is -2.26. The molecule has 1 saturated heterocycles. The Morgan fingerprint density at radius 3 is 2.69 bits per heavy atom. The maximum absolute atomic E-state index is 11.4. The Bertz CT molecular complexity index is 805. The monoisotopic (exact) mass is 419 g/mol. The minimum atomic E-state index is -0.377. The number of furan rings is 1. The predicted octanol–water partition coefficient (Wildman–Crippen LogP) is 3.98. The molecule has 0 bridgehead atoms. The van der Waals surface area contributed by atoms with E-state index in [2.05, 4.69) is 20.1 Å². The van der Waals surface area contributed by atoms with Gasteiger partial charge >= 0.3 is 5.69 Å². The molecular weight excluding hydrogens is 390 g/mol. The Kier molecular flexibility index (Phi) is 7.76. The van der Waals surface area contributed by atoms with E-state index in [0.717, 1.165) is 61.3 Å². The van der Waals surface area contributed by atoms with Gasteiger partial charge in [-0.3, -0.25) is 10.1 Å². The normalized spacial score (nSPS) is 14.4. The van der Waals surface area contributed by atoms with E-state index < -0.39 is 0 Å². The van der Waals surface area contributed by atoms with Crippen LogP contribution in [0.5, 0.6) is 0 Å². The van der Waals surface area contributed by atoms with Crippen molar-refractivity contribution >= 4 is 29.1 Å². The summed E-state index contributed by atoms with van der Waals surface area (Å²) >= 11 is 1.73. The Morgan fingerprint density at radius 2 is 1.97 bits per heavy atom. The number of pyridine rings is 1. The minimum absolute atomic E-state index is 0.0233. The Balaban J connectivity index is 1.51. The molecule has 0 atom stereocenters. The molecule has 9 heteroatoms. The number of thioether (sulfide) groups is 1. The van der Waals surface area contributed by atoms with E-state index in [0.29, 0.717) is 12.4 Å². The topological polar surface area (TPSA) is 87.7 Å². The van der Waals surface area contributed by atoms with Crippen LogP contribution in [0.3, 0.4) is 0 Å². The van der Waals surface area contributed by atoms with Crippen LogP contribution in [0.15, 0.2) is 28.7 Å². The zero-order valence-corrected chi connectivity index (χ0v) is 17.9. The molecule has 2 aromatic heterocycles. The first-order valence-corrected chi connectivity index (χ1v) is 11.1. The van der Waals surface area contributed by atoms with Gasteiger partial charge in [0.1, 0.15) is 17.3 Å². The van der Waals surface area contributed by atoms with Gasteiger partial charge in [-0.25, -0.2) is 4.98 Å². The third kappa shape index (κ3) is 6.37. The average molecular weight is 420 g/mol. The number of nitrogens with one attached hydrogen (secondary N) is 1. The molecule has 0 aromatic carbocycles. The zero-order valence-electron chi connectivity index (χ0n) is 17.1. The van der Waals surface area contributed by atoms with Crippen LogP contribution >= 0.6 is 11.8 Å². The molecule has 158 valence electrons. The van der Waals surface area contributed by atoms with Crippen LogP contribution in [-0.2, 0) is 12.3 Å². The van der Waals surface area contributed by atoms with E-state index in [-0.39, 0.29) is 10.6 Å². The first kappa shape index (κ1) is 21.4. The smallest absolute Gasteiger partial charge is 0.311 e. The number of nitro groups is 1. The lowest BCUT2D eigenvalue weighted by Crippen LogP contribution is -2.30. The number of hydrogen-bond acceptors (Lipinski definition) is 8. The fourth-order valence-electron chi connectivity index (χ4n) is 3.33. The van der Waals surface area contributed by atoms with Gasteiger partial charge in [0, 0.05) is 31.5 Å². The summed E-state index contributed by atoms with van der Waals surface area (Å²) in [4.78, 5) is 19.8. The highest BCUT2D eigenvalue weighted by molar-refractivity contribution is 7.98. The third-order valence-corrected chi connectivity index (χ3v) is 5.69. The molecular formula is C20H29N5O3S. The summed E-state index contributed by atoms with van der Waals surface area (Å²) in [5.74, 6) is 4.65. The Labute approximate surface area is 175 Å². The molecule has 0 aliphatic carbocycles. The number of aromatic nitrogens is 1. The average Bonchev–Trinajstić information content (AvgIpc) is 3.14. The van der Waals surface area contributed by atoms with Gasteiger partial charge in [-0.1, -0.05) is 0 Å². The molecule has 3 heterocycles. The number of rotatable bonds is 10. The zero-order chi connectivity index (χ0) is 20.6. The summed E-state index contributed by atoms with van der Waals surface area (Å²) in [6.07, 6.45) is 3.51. The fourth-order valence-corrected chi connectivity index (χ4v) is 4.08. The van der Waals surface area contributed by atoms with Crippen molar-refractivity contribution in [3.05, 3.63) is 45.9 Å². The number of hydrogen-bond donors (Lipinski definition) is 1. The molecule has 0 saturated carbocycles. The van der Waals surface area contributed by atoms with Crippen molar-refractivity contribution < 1.29 is 9.34 Å². The van der Waals surface area contributed by atoms with Crippen LogP contribution in [0.2, 0.25) is 0 Å². The molecule has 1 aliphatic heterocycles. The minimum Gasteiger partial charge on any atom is -0.464 e. The van der Waals surface area contributed by atoms with Gasteiger partial charge in [-0.15, -0.1) is 0 Å². The largest absolute Gasteiger partial charge is 0.464 e. The molecule has 1 N–H and O–H groups in total. The second-order valence-corrected chi connectivity index (χ2v) is 8.53. The van der Waals surface area contributed by atoms with E-state index in [4.69, 9.17) is 4.42 Å². The van der Waals surface area contributed by atoms with E-state index in [1.54, 1.807) is 23.9 Å². The van der Waals surface area contributed by atoms with Gasteiger partial charge in [0.05, 0.1) is 17.2 Å². The Morgan fingerprint density at radius 1 is 1.21 bits per heavy atom. The summed E-state index contributed by atoms with van der Waals surface area (Å²) in [6, 6.07) is 7.33. The van der Waals surface area contributed by atoms with Crippen molar-refractivity contribution in [2.75, 3.05) is 49.7 Å². The quantitative estimate of drug-likeness (QED) is 0.351. The van der Waals surface area contributed by atoms with Gasteiger partial charge in [-0.2, -0.15) is 11.8 Å². The van der Waals surface area contributed by atoms with Crippen LogP contribution in [0.25, 0.3) is 0 Å². The molecule has 3 rings (SSSR count). The number of nitrogens with zero attached hydrogens (tertiary/aromatic N) is 4. The first-order chi connectivity index (χ1) is 14.0. The second-order valence-electron chi connectivity index (χ2n) is 7.43. The van der Waals surface area contributed by atoms with E-state index in [1.807, 2.05) is 26.2 Å². The highest BCUT2D eigenvalue weighted by Crippen LogP contribution is 2.27. The molecule has 0 radical (unpaired) electrons. The highest BCUT2D eigenvalue weighted by atomic mass is 32.2. The van der Waals surface area contributed by atoms with Crippen molar-refractivity contribution in [2.45, 2.75) is 31.6 Å². The van der Waals surface area contributed by atoms with Crippen molar-refractivity contribution in [2.24, 2.45) is 0 Å². The van der Waals surface area contributed by atoms with Crippen LogP contribution in [-0.4, -0.2) is 54.3 Å². The van der Waals surface area contributed by atoms with E-state index in [1.165, 1.54) is 6.42 Å². The van der Waals surface area contributed by atoms with Crippen LogP contribution in [0.1, 0.15) is 30.8 Å². The lowest BCUT2D eigenvalue weighted by Gasteiger charge is -2.27. The van der Waals surface area contributed by atoms with Crippen LogP contribution in [0, 0.1) is 10.1 Å². The van der Waals surface area contributed by atoms with Crippen molar-refractivity contribution in [3.63, 3.8) is 0 Å². The molecule has 1 aliphatic rings. The number of piperidine rings is 1. The van der Waals surface area contributed by atoms with Crippen molar-refractivity contribution in [1.82, 2.24) is 9.88 Å². The summed E-state index contributed by atoms with van der Waals surface area (Å²) in [5.41, 5.74) is 0.0233.